The number of thiophene rings is 1. The molecule has 0 aromatic carbocycles. The fraction of sp³-hybridized carbons (Fsp3) is 0.217. The van der Waals surface area contributed by atoms with Crippen LogP contribution >= 0.6 is 34.4 Å². The minimum absolute atomic E-state index is 0.0619. The number of oxime groups is 1. The molecule has 0 bridgehead atoms. The number of carbonyl (C=O) groups is 3. The summed E-state index contributed by atoms with van der Waals surface area (Å²) in [6.07, 6.45) is 5.33. The van der Waals surface area contributed by atoms with Crippen molar-refractivity contribution in [1.82, 2.24) is 15.2 Å². The SMILES string of the molecule is Nc1nc(C(=NOC(F)F)C(=O)N[C@@H]2C(=O)N3C(C(=O)[O-])=C(/C=C/C[n+]4cccc5sccc54)SC[C@H]23)cs1. The van der Waals surface area contributed by atoms with Gasteiger partial charge in [0.25, 0.3) is 11.8 Å². The van der Waals surface area contributed by atoms with Crippen molar-refractivity contribution >= 4 is 73.3 Å². The van der Waals surface area contributed by atoms with Crippen molar-refractivity contribution in [3.05, 3.63) is 63.6 Å². The van der Waals surface area contributed by atoms with E-state index in [2.05, 4.69) is 20.3 Å². The van der Waals surface area contributed by atoms with E-state index >= 15 is 0 Å². The summed E-state index contributed by atoms with van der Waals surface area (Å²) in [5.41, 5.74) is 5.58. The Labute approximate surface area is 231 Å². The lowest BCUT2D eigenvalue weighted by Crippen LogP contribution is -2.73. The zero-order chi connectivity index (χ0) is 27.7. The zero-order valence-electron chi connectivity index (χ0n) is 19.7. The molecule has 0 radical (unpaired) electrons. The maximum absolute atomic E-state index is 13.0. The number of nitrogens with one attached hydrogen (secondary N) is 1. The Kier molecular flexibility index (Phi) is 7.58. The Hall–Kier alpha value is -3.89. The van der Waals surface area contributed by atoms with E-state index in [4.69, 9.17) is 5.73 Å². The highest BCUT2D eigenvalue weighted by Gasteiger charge is 2.52. The summed E-state index contributed by atoms with van der Waals surface area (Å²) in [5, 5.41) is 21.0. The van der Waals surface area contributed by atoms with Gasteiger partial charge in [0.1, 0.15) is 11.7 Å². The lowest BCUT2D eigenvalue weighted by Gasteiger charge is -2.50. The van der Waals surface area contributed by atoms with Crippen molar-refractivity contribution in [2.24, 2.45) is 5.16 Å². The molecular formula is C23H18F2N6O5S3. The van der Waals surface area contributed by atoms with Crippen LogP contribution in [0.3, 0.4) is 0 Å². The Bertz CT molecular complexity index is 1550. The second kappa shape index (κ2) is 11.1. The number of aliphatic carboxylic acids is 1. The van der Waals surface area contributed by atoms with Crippen LogP contribution < -0.4 is 20.7 Å². The number of carboxylic acid groups (broad SMARTS) is 1. The number of allylic oxidation sites excluding steroid dienone is 2. The minimum atomic E-state index is -3.29. The standard InChI is InChI=1S/C23H18F2N6O5S3/c24-22(25)36-29-16(11-9-39-23(26)27-11)19(32)28-17-13-10-38-15(18(21(34)35)31(13)20(17)33)4-2-7-30-6-1-3-14-12(30)5-8-37-14/h1-6,8-9,13,17,22H,7,10H2,(H3-,26,27,28,32,34,35)/b4-2+,29-16?/t13-,17+/m1/s1. The average molecular weight is 593 g/mol. The number of hydrogen-bond acceptors (Lipinski definition) is 11. The number of pyridine rings is 1. The van der Waals surface area contributed by atoms with Crippen LogP contribution in [0, 0.1) is 0 Å². The van der Waals surface area contributed by atoms with Gasteiger partial charge in [-0.3, -0.25) is 9.59 Å². The maximum Gasteiger partial charge on any atom is 0.407 e. The second-order valence-corrected chi connectivity index (χ2v) is 11.0. The Morgan fingerprint density at radius 3 is 2.92 bits per heavy atom. The molecule has 0 saturated carbocycles. The highest BCUT2D eigenvalue weighted by molar-refractivity contribution is 8.03. The van der Waals surface area contributed by atoms with Crippen LogP contribution in [0.1, 0.15) is 5.69 Å². The largest absolute Gasteiger partial charge is 0.543 e. The molecule has 3 aromatic rings. The van der Waals surface area contributed by atoms with Gasteiger partial charge < -0.3 is 30.7 Å². The highest BCUT2D eigenvalue weighted by atomic mass is 32.2. The number of aromatic nitrogens is 2. The van der Waals surface area contributed by atoms with Crippen molar-refractivity contribution in [1.29, 1.82) is 0 Å². The number of anilines is 1. The molecule has 0 unspecified atom stereocenters. The molecule has 2 aliphatic heterocycles. The molecular weight excluding hydrogens is 574 g/mol. The fourth-order valence-electron chi connectivity index (χ4n) is 4.16. The summed E-state index contributed by atoms with van der Waals surface area (Å²) in [6, 6.07) is 4.09. The number of fused-ring (bicyclic) bond motifs is 2. The number of thiazole rings is 1. The van der Waals surface area contributed by atoms with E-state index in [1.807, 2.05) is 34.3 Å². The van der Waals surface area contributed by atoms with Gasteiger partial charge >= 0.3 is 6.61 Å². The van der Waals surface area contributed by atoms with Crippen molar-refractivity contribution in [2.75, 3.05) is 11.5 Å². The van der Waals surface area contributed by atoms with Crippen LogP contribution in [-0.4, -0.2) is 57.8 Å². The van der Waals surface area contributed by atoms with Crippen LogP contribution in [0.25, 0.3) is 10.2 Å². The third-order valence-electron chi connectivity index (χ3n) is 5.85. The van der Waals surface area contributed by atoms with Gasteiger partial charge in [0.05, 0.1) is 22.4 Å². The molecule has 11 nitrogen and oxygen atoms in total. The number of rotatable bonds is 9. The first-order valence-corrected chi connectivity index (χ1v) is 14.0. The smallest absolute Gasteiger partial charge is 0.407 e. The number of nitrogens with two attached hydrogens (primary N) is 1. The van der Waals surface area contributed by atoms with Gasteiger partial charge in [-0.25, -0.2) is 4.98 Å². The molecule has 1 fully saturated rings. The number of amides is 2. The van der Waals surface area contributed by atoms with Gasteiger partial charge in [-0.05, 0) is 23.6 Å². The molecule has 1 saturated heterocycles. The summed E-state index contributed by atoms with van der Waals surface area (Å²) in [4.78, 5) is 47.0. The van der Waals surface area contributed by atoms with E-state index in [1.54, 1.807) is 23.5 Å². The number of alkyl halides is 2. The Balaban J connectivity index is 1.32. The van der Waals surface area contributed by atoms with Gasteiger partial charge in [-0.2, -0.15) is 13.3 Å². The third-order valence-corrected chi connectivity index (χ3v) is 8.55. The van der Waals surface area contributed by atoms with Crippen LogP contribution in [0.4, 0.5) is 13.9 Å². The molecule has 5 rings (SSSR count). The van der Waals surface area contributed by atoms with Crippen molar-refractivity contribution in [3.8, 4) is 0 Å². The van der Waals surface area contributed by atoms with Crippen molar-refractivity contribution < 1.29 is 37.7 Å². The predicted molar refractivity (Wildman–Crippen MR) is 138 cm³/mol. The van der Waals surface area contributed by atoms with E-state index in [1.165, 1.54) is 17.1 Å². The molecule has 16 heteroatoms. The van der Waals surface area contributed by atoms with Gasteiger partial charge in [-0.15, -0.1) is 34.4 Å². The molecule has 0 aliphatic carbocycles. The molecule has 3 N–H and O–H groups in total. The first kappa shape index (κ1) is 26.7. The first-order chi connectivity index (χ1) is 18.7. The Morgan fingerprint density at radius 1 is 1.38 bits per heavy atom. The van der Waals surface area contributed by atoms with Gasteiger partial charge in [0.2, 0.25) is 5.52 Å². The van der Waals surface area contributed by atoms with Crippen LogP contribution in [0.15, 0.2) is 63.1 Å². The molecule has 2 amide bonds. The number of hydrogen-bond donors (Lipinski definition) is 2. The molecule has 0 spiro atoms. The summed E-state index contributed by atoms with van der Waals surface area (Å²) in [6.45, 7) is -2.82. The molecule has 5 heterocycles. The summed E-state index contributed by atoms with van der Waals surface area (Å²) in [5.74, 6) is -2.97. The lowest BCUT2D eigenvalue weighted by molar-refractivity contribution is -0.660. The second-order valence-electron chi connectivity index (χ2n) is 8.15. The minimum Gasteiger partial charge on any atom is -0.543 e. The average Bonchev–Trinajstić information content (AvgIpc) is 3.56. The van der Waals surface area contributed by atoms with Gasteiger partial charge in [-0.1, -0.05) is 5.16 Å². The summed E-state index contributed by atoms with van der Waals surface area (Å²) < 4.78 is 28.2. The normalized spacial score (nSPS) is 19.5. The van der Waals surface area contributed by atoms with E-state index in [0.717, 1.165) is 26.5 Å². The van der Waals surface area contributed by atoms with E-state index in [0.29, 0.717) is 11.4 Å². The van der Waals surface area contributed by atoms with E-state index in [-0.39, 0.29) is 22.3 Å². The molecule has 2 aliphatic rings. The van der Waals surface area contributed by atoms with Crippen LogP contribution in [0.2, 0.25) is 0 Å². The summed E-state index contributed by atoms with van der Waals surface area (Å²) >= 11 is 3.76. The molecule has 39 heavy (non-hydrogen) atoms. The quantitative estimate of drug-likeness (QED) is 0.160. The Morgan fingerprint density at radius 2 is 2.21 bits per heavy atom. The fourth-order valence-corrected chi connectivity index (χ4v) is 6.72. The van der Waals surface area contributed by atoms with E-state index in [9.17, 15) is 28.3 Å². The lowest BCUT2D eigenvalue weighted by atomic mass is 9.94. The van der Waals surface area contributed by atoms with Crippen molar-refractivity contribution in [3.63, 3.8) is 0 Å². The van der Waals surface area contributed by atoms with Gasteiger partial charge in [0.15, 0.2) is 23.6 Å². The molecule has 3 aromatic heterocycles. The monoisotopic (exact) mass is 592 g/mol. The number of halogens is 2. The number of carbonyl (C=O) groups excluding carboxylic acids is 3. The van der Waals surface area contributed by atoms with Crippen LogP contribution in [0.5, 0.6) is 0 Å². The topological polar surface area (TPSA) is 154 Å². The van der Waals surface area contributed by atoms with E-state index < -0.39 is 42.2 Å². The maximum atomic E-state index is 13.0. The van der Waals surface area contributed by atoms with Crippen molar-refractivity contribution in [2.45, 2.75) is 25.2 Å². The highest BCUT2D eigenvalue weighted by Crippen LogP contribution is 2.39. The number of nitrogen functional groups attached to an aromatic ring is 1. The third kappa shape index (κ3) is 5.35. The zero-order valence-corrected chi connectivity index (χ0v) is 22.1. The predicted octanol–water partition coefficient (Wildman–Crippen LogP) is 0.831. The number of thioether (sulfide) groups is 1. The number of β-lactam (4-membered cyclic amide) rings is 1. The van der Waals surface area contributed by atoms with Gasteiger partial charge in [0, 0.05) is 28.2 Å². The molecule has 202 valence electrons. The van der Waals surface area contributed by atoms with Crippen LogP contribution in [-0.2, 0) is 25.8 Å². The summed E-state index contributed by atoms with van der Waals surface area (Å²) in [7, 11) is 0. The number of nitrogens with zero attached hydrogens (tertiary/aromatic N) is 4. The first-order valence-electron chi connectivity index (χ1n) is 11.2. The molecule has 2 atom stereocenters. The number of carboxylic acids is 1.